The Morgan fingerprint density at radius 3 is 2.68 bits per heavy atom. The molecule has 0 saturated carbocycles. The molecule has 1 aromatic heterocycles. The SMILES string of the molecule is N#C/C(=C/c1ccc(N2CCCCC2)o1)C(=O)Nc1ccccc1Cl. The summed E-state index contributed by atoms with van der Waals surface area (Å²) in [6.45, 7) is 1.93. The second-order valence-electron chi connectivity index (χ2n) is 5.83. The number of para-hydroxylation sites is 1. The lowest BCUT2D eigenvalue weighted by atomic mass is 10.1. The number of anilines is 2. The summed E-state index contributed by atoms with van der Waals surface area (Å²) in [5, 5.41) is 12.3. The molecule has 1 N–H and O–H groups in total. The highest BCUT2D eigenvalue weighted by Gasteiger charge is 2.16. The van der Waals surface area contributed by atoms with Crippen molar-refractivity contribution in [2.75, 3.05) is 23.3 Å². The van der Waals surface area contributed by atoms with Crippen LogP contribution in [0.1, 0.15) is 25.0 Å². The van der Waals surface area contributed by atoms with E-state index in [4.69, 9.17) is 16.0 Å². The number of carbonyl (C=O) groups excluding carboxylic acids is 1. The number of carbonyl (C=O) groups is 1. The fourth-order valence-electron chi connectivity index (χ4n) is 2.75. The van der Waals surface area contributed by atoms with Crippen LogP contribution in [0.15, 0.2) is 46.4 Å². The fraction of sp³-hybridized carbons (Fsp3) is 0.263. The number of rotatable bonds is 4. The standard InChI is InChI=1S/C19H18ClN3O2/c20-16-6-2-3-7-17(16)22-19(24)14(13-21)12-15-8-9-18(25-15)23-10-4-1-5-11-23/h2-3,6-9,12H,1,4-5,10-11H2,(H,22,24)/b14-12-. The summed E-state index contributed by atoms with van der Waals surface area (Å²) in [6, 6.07) is 12.4. The molecule has 0 unspecified atom stereocenters. The average molecular weight is 356 g/mol. The van der Waals surface area contributed by atoms with Gasteiger partial charge in [-0.05, 0) is 37.5 Å². The number of amides is 1. The van der Waals surface area contributed by atoms with Crippen molar-refractivity contribution in [1.29, 1.82) is 5.26 Å². The van der Waals surface area contributed by atoms with Gasteiger partial charge in [-0.15, -0.1) is 0 Å². The number of hydrogen-bond acceptors (Lipinski definition) is 4. The van der Waals surface area contributed by atoms with E-state index in [0.717, 1.165) is 31.8 Å². The molecule has 6 heteroatoms. The van der Waals surface area contributed by atoms with Crippen LogP contribution in [0.5, 0.6) is 0 Å². The van der Waals surface area contributed by atoms with E-state index >= 15 is 0 Å². The molecule has 0 spiro atoms. The largest absolute Gasteiger partial charge is 0.441 e. The summed E-state index contributed by atoms with van der Waals surface area (Å²) in [6.07, 6.45) is 4.98. The van der Waals surface area contributed by atoms with Gasteiger partial charge in [0.05, 0.1) is 10.7 Å². The summed E-state index contributed by atoms with van der Waals surface area (Å²) in [5.41, 5.74) is 0.420. The van der Waals surface area contributed by atoms with Gasteiger partial charge < -0.3 is 14.6 Å². The lowest BCUT2D eigenvalue weighted by Gasteiger charge is -2.25. The molecule has 3 rings (SSSR count). The van der Waals surface area contributed by atoms with E-state index in [1.807, 2.05) is 12.1 Å². The van der Waals surface area contributed by atoms with E-state index in [2.05, 4.69) is 10.2 Å². The first-order valence-corrected chi connectivity index (χ1v) is 8.57. The van der Waals surface area contributed by atoms with E-state index in [-0.39, 0.29) is 5.57 Å². The number of nitrogens with one attached hydrogen (secondary N) is 1. The Morgan fingerprint density at radius 2 is 1.96 bits per heavy atom. The fourth-order valence-corrected chi connectivity index (χ4v) is 2.93. The molecule has 1 saturated heterocycles. The molecule has 2 heterocycles. The van der Waals surface area contributed by atoms with Gasteiger partial charge in [-0.25, -0.2) is 0 Å². The molecule has 0 atom stereocenters. The molecule has 2 aromatic rings. The monoisotopic (exact) mass is 355 g/mol. The number of nitriles is 1. The quantitative estimate of drug-likeness (QED) is 0.649. The third-order valence-electron chi connectivity index (χ3n) is 4.05. The minimum atomic E-state index is -0.522. The molecule has 128 valence electrons. The predicted molar refractivity (Wildman–Crippen MR) is 98.4 cm³/mol. The molecule has 5 nitrogen and oxygen atoms in total. The molecule has 0 aliphatic carbocycles. The molecule has 1 fully saturated rings. The second-order valence-corrected chi connectivity index (χ2v) is 6.23. The topological polar surface area (TPSA) is 69.3 Å². The van der Waals surface area contributed by atoms with Crippen molar-refractivity contribution in [2.24, 2.45) is 0 Å². The molecular weight excluding hydrogens is 338 g/mol. The Kier molecular flexibility index (Phi) is 5.42. The second kappa shape index (κ2) is 7.91. The molecule has 1 aliphatic heterocycles. The Balaban J connectivity index is 1.74. The van der Waals surface area contributed by atoms with Gasteiger partial charge in [0, 0.05) is 25.2 Å². The normalized spacial score (nSPS) is 14.9. The lowest BCUT2D eigenvalue weighted by molar-refractivity contribution is -0.112. The van der Waals surface area contributed by atoms with Gasteiger partial charge in [0.1, 0.15) is 17.4 Å². The summed E-state index contributed by atoms with van der Waals surface area (Å²) < 4.78 is 5.77. The molecule has 1 amide bonds. The summed E-state index contributed by atoms with van der Waals surface area (Å²) in [4.78, 5) is 14.5. The van der Waals surface area contributed by atoms with Gasteiger partial charge in [-0.3, -0.25) is 4.79 Å². The molecule has 1 aromatic carbocycles. The summed E-state index contributed by atoms with van der Waals surface area (Å²) in [5.74, 6) is 0.729. The number of hydrogen-bond donors (Lipinski definition) is 1. The van der Waals surface area contributed by atoms with Crippen molar-refractivity contribution in [3.05, 3.63) is 52.8 Å². The molecule has 25 heavy (non-hydrogen) atoms. The van der Waals surface area contributed by atoms with Crippen LogP contribution >= 0.6 is 11.6 Å². The van der Waals surface area contributed by atoms with Crippen molar-refractivity contribution in [3.8, 4) is 6.07 Å². The summed E-state index contributed by atoms with van der Waals surface area (Å²) in [7, 11) is 0. The van der Waals surface area contributed by atoms with Gasteiger partial charge >= 0.3 is 0 Å². The van der Waals surface area contributed by atoms with Gasteiger partial charge in [-0.2, -0.15) is 5.26 Å². The van der Waals surface area contributed by atoms with Crippen LogP contribution in [-0.4, -0.2) is 19.0 Å². The number of piperidine rings is 1. The third-order valence-corrected chi connectivity index (χ3v) is 4.38. The maximum Gasteiger partial charge on any atom is 0.266 e. The highest BCUT2D eigenvalue weighted by atomic mass is 35.5. The highest BCUT2D eigenvalue weighted by molar-refractivity contribution is 6.34. The van der Waals surface area contributed by atoms with Crippen molar-refractivity contribution < 1.29 is 9.21 Å². The van der Waals surface area contributed by atoms with Crippen LogP contribution in [0, 0.1) is 11.3 Å². The van der Waals surface area contributed by atoms with E-state index in [9.17, 15) is 10.1 Å². The van der Waals surface area contributed by atoms with Crippen molar-refractivity contribution in [1.82, 2.24) is 0 Å². The van der Waals surface area contributed by atoms with Crippen LogP contribution in [-0.2, 0) is 4.79 Å². The molecular formula is C19H18ClN3O2. The van der Waals surface area contributed by atoms with Crippen LogP contribution in [0.4, 0.5) is 11.6 Å². The maximum absolute atomic E-state index is 12.3. The van der Waals surface area contributed by atoms with Gasteiger partial charge in [0.2, 0.25) is 0 Å². The van der Waals surface area contributed by atoms with E-state index in [1.165, 1.54) is 12.5 Å². The van der Waals surface area contributed by atoms with Gasteiger partial charge in [-0.1, -0.05) is 23.7 Å². The van der Waals surface area contributed by atoms with Crippen molar-refractivity contribution in [3.63, 3.8) is 0 Å². The van der Waals surface area contributed by atoms with Crippen molar-refractivity contribution in [2.45, 2.75) is 19.3 Å². The highest BCUT2D eigenvalue weighted by Crippen LogP contribution is 2.25. The van der Waals surface area contributed by atoms with E-state index in [0.29, 0.717) is 16.5 Å². The first-order valence-electron chi connectivity index (χ1n) is 8.20. The van der Waals surface area contributed by atoms with E-state index in [1.54, 1.807) is 30.3 Å². The minimum Gasteiger partial charge on any atom is -0.441 e. The smallest absolute Gasteiger partial charge is 0.266 e. The number of nitrogens with zero attached hydrogens (tertiary/aromatic N) is 2. The van der Waals surface area contributed by atoms with Crippen LogP contribution in [0.3, 0.4) is 0 Å². The zero-order valence-electron chi connectivity index (χ0n) is 13.7. The Morgan fingerprint density at radius 1 is 1.20 bits per heavy atom. The average Bonchev–Trinajstić information content (AvgIpc) is 3.11. The van der Waals surface area contributed by atoms with Gasteiger partial charge in [0.15, 0.2) is 5.88 Å². The van der Waals surface area contributed by atoms with Gasteiger partial charge in [0.25, 0.3) is 5.91 Å². The minimum absolute atomic E-state index is 0.0422. The van der Waals surface area contributed by atoms with Crippen LogP contribution in [0.2, 0.25) is 5.02 Å². The Hall–Kier alpha value is -2.71. The zero-order valence-corrected chi connectivity index (χ0v) is 14.4. The lowest BCUT2D eigenvalue weighted by Crippen LogP contribution is -2.28. The van der Waals surface area contributed by atoms with Crippen molar-refractivity contribution >= 4 is 35.2 Å². The first kappa shape index (κ1) is 17.1. The third kappa shape index (κ3) is 4.23. The Bertz CT molecular complexity index is 829. The number of halogens is 1. The predicted octanol–water partition coefficient (Wildman–Crippen LogP) is 4.47. The molecule has 0 bridgehead atoms. The molecule has 1 aliphatic rings. The Labute approximate surface area is 151 Å². The first-order chi connectivity index (χ1) is 12.2. The zero-order chi connectivity index (χ0) is 17.6. The number of furan rings is 1. The van der Waals surface area contributed by atoms with Crippen LogP contribution < -0.4 is 10.2 Å². The van der Waals surface area contributed by atoms with Crippen LogP contribution in [0.25, 0.3) is 6.08 Å². The maximum atomic E-state index is 12.3. The number of benzene rings is 1. The summed E-state index contributed by atoms with van der Waals surface area (Å²) >= 11 is 6.02. The van der Waals surface area contributed by atoms with E-state index < -0.39 is 5.91 Å². The molecule has 0 radical (unpaired) electrons.